The third kappa shape index (κ3) is 6.71. The first-order valence-electron chi connectivity index (χ1n) is 14.0. The van der Waals surface area contributed by atoms with E-state index in [0.29, 0.717) is 24.2 Å². The first-order valence-corrected chi connectivity index (χ1v) is 16.7. The summed E-state index contributed by atoms with van der Waals surface area (Å²) in [5.74, 6) is -0.288. The molecule has 232 valence electrons. The van der Waals surface area contributed by atoms with Gasteiger partial charge in [0.05, 0.1) is 18.7 Å². The Labute approximate surface area is 260 Å². The molecule has 0 N–H and O–H groups in total. The van der Waals surface area contributed by atoms with E-state index < -0.39 is 26.3 Å². The molecule has 2 fully saturated rings. The van der Waals surface area contributed by atoms with Crippen molar-refractivity contribution in [2.75, 3.05) is 11.4 Å². The Hall–Kier alpha value is -3.09. The summed E-state index contributed by atoms with van der Waals surface area (Å²) < 4.78 is 61.5. The van der Waals surface area contributed by atoms with Gasteiger partial charge in [-0.15, -0.1) is 11.3 Å². The molecule has 1 aromatic heterocycles. The largest absolute Gasteiger partial charge is 0.497 e. The smallest absolute Gasteiger partial charge is 0.410 e. The summed E-state index contributed by atoms with van der Waals surface area (Å²) in [7, 11) is -2.87. The molecule has 2 aliphatic rings. The predicted octanol–water partition coefficient (Wildman–Crippen LogP) is 6.96. The monoisotopic (exact) mass is 651 g/mol. The highest BCUT2D eigenvalue weighted by atomic mass is 35.5. The molecule has 13 heteroatoms. The number of hydrogen-bond acceptors (Lipinski definition) is 8. The Bertz CT molecular complexity index is 1580. The summed E-state index contributed by atoms with van der Waals surface area (Å²) in [6.45, 7) is 7.27. The van der Waals surface area contributed by atoms with Crippen LogP contribution in [0.2, 0.25) is 5.02 Å². The number of hydrogen-bond donors (Lipinski definition) is 0. The van der Waals surface area contributed by atoms with Crippen molar-refractivity contribution < 1.29 is 31.8 Å². The Morgan fingerprint density at radius 3 is 2.47 bits per heavy atom. The number of aryl methyl sites for hydroxylation is 1. The molecule has 5 rings (SSSR count). The molecule has 0 saturated carbocycles. The fourth-order valence-corrected chi connectivity index (χ4v) is 8.27. The lowest BCUT2D eigenvalue weighted by Crippen LogP contribution is -2.50. The number of halogens is 2. The van der Waals surface area contributed by atoms with Gasteiger partial charge in [0.15, 0.2) is 5.13 Å². The van der Waals surface area contributed by atoms with Gasteiger partial charge in [0.25, 0.3) is 10.0 Å². The molecule has 3 atom stereocenters. The SMILES string of the molecule is COc1ccc(CN(c2nccs2)S(=O)(=O)c2cc(Cl)c(OC3C[C@H]4CC[C@@H](C3)N4C(=O)OC(C)(C)C)cc2F)c(C)c1. The van der Waals surface area contributed by atoms with E-state index in [4.69, 9.17) is 25.8 Å². The van der Waals surface area contributed by atoms with Crippen LogP contribution in [-0.4, -0.2) is 55.3 Å². The maximum absolute atomic E-state index is 15.6. The number of carbonyl (C=O) groups is 1. The third-order valence-electron chi connectivity index (χ3n) is 7.64. The first-order chi connectivity index (χ1) is 20.3. The highest BCUT2D eigenvalue weighted by Gasteiger charge is 2.46. The van der Waals surface area contributed by atoms with E-state index in [9.17, 15) is 13.2 Å². The number of thiazole rings is 1. The van der Waals surface area contributed by atoms with Crippen molar-refractivity contribution in [1.82, 2.24) is 9.88 Å². The van der Waals surface area contributed by atoms with Crippen LogP contribution in [-0.2, 0) is 21.3 Å². The maximum atomic E-state index is 15.6. The fourth-order valence-electron chi connectivity index (χ4n) is 5.65. The van der Waals surface area contributed by atoms with E-state index in [1.165, 1.54) is 6.20 Å². The van der Waals surface area contributed by atoms with Gasteiger partial charge in [0.2, 0.25) is 0 Å². The summed E-state index contributed by atoms with van der Waals surface area (Å²) in [6, 6.07) is 7.30. The fraction of sp³-hybridized carbons (Fsp3) is 0.467. The number of benzene rings is 2. The van der Waals surface area contributed by atoms with Gasteiger partial charge in [0.1, 0.15) is 33.9 Å². The predicted molar refractivity (Wildman–Crippen MR) is 163 cm³/mol. The van der Waals surface area contributed by atoms with Crippen molar-refractivity contribution in [2.45, 2.75) is 88.6 Å². The van der Waals surface area contributed by atoms with Gasteiger partial charge in [-0.25, -0.2) is 26.9 Å². The highest BCUT2D eigenvalue weighted by molar-refractivity contribution is 7.93. The number of ether oxygens (including phenoxy) is 3. The van der Waals surface area contributed by atoms with Crippen LogP contribution in [0.3, 0.4) is 0 Å². The lowest BCUT2D eigenvalue weighted by atomic mass is 10.00. The zero-order valence-electron chi connectivity index (χ0n) is 24.7. The van der Waals surface area contributed by atoms with Crippen LogP contribution in [0, 0.1) is 12.7 Å². The van der Waals surface area contributed by atoms with Crippen LogP contribution >= 0.6 is 22.9 Å². The average molecular weight is 652 g/mol. The standard InChI is InChI=1S/C30H35ClFN3O6S2/c1-18-12-22(39-5)9-6-19(18)17-34(28-33-10-11-42-28)43(37,38)27-15-24(31)26(16-25(27)32)40-23-13-20-7-8-21(14-23)35(20)29(36)41-30(2,3)4/h6,9-12,15-16,20-21,23H,7-8,13-14,17H2,1-5H3/t20-,21+,23?. The minimum atomic E-state index is -4.42. The number of methoxy groups -OCH3 is 1. The van der Waals surface area contributed by atoms with E-state index in [2.05, 4.69) is 4.98 Å². The number of carbonyl (C=O) groups excluding carboxylic acids is 1. The van der Waals surface area contributed by atoms with E-state index in [1.54, 1.807) is 35.6 Å². The minimum Gasteiger partial charge on any atom is -0.497 e. The molecule has 1 unspecified atom stereocenters. The number of aromatic nitrogens is 1. The molecule has 1 amide bonds. The summed E-state index contributed by atoms with van der Waals surface area (Å²) >= 11 is 7.66. The van der Waals surface area contributed by atoms with E-state index >= 15 is 4.39 Å². The summed E-state index contributed by atoms with van der Waals surface area (Å²) in [5, 5.41) is 1.82. The molecule has 2 aliphatic heterocycles. The van der Waals surface area contributed by atoms with E-state index in [1.807, 2.05) is 27.7 Å². The van der Waals surface area contributed by atoms with Gasteiger partial charge in [0, 0.05) is 42.6 Å². The molecule has 3 aromatic rings. The van der Waals surface area contributed by atoms with Crippen LogP contribution in [0.5, 0.6) is 11.5 Å². The number of nitrogens with zero attached hydrogens (tertiary/aromatic N) is 3. The highest BCUT2D eigenvalue weighted by Crippen LogP contribution is 2.40. The first kappa shape index (κ1) is 31.3. The van der Waals surface area contributed by atoms with Crippen LogP contribution in [0.1, 0.15) is 57.6 Å². The van der Waals surface area contributed by atoms with Crippen molar-refractivity contribution in [3.8, 4) is 11.5 Å². The van der Waals surface area contributed by atoms with Crippen molar-refractivity contribution in [3.05, 3.63) is 63.9 Å². The Kier molecular flexibility index (Phi) is 8.84. The van der Waals surface area contributed by atoms with Crippen LogP contribution in [0.25, 0.3) is 0 Å². The van der Waals surface area contributed by atoms with Gasteiger partial charge in [-0.3, -0.25) is 0 Å². The van der Waals surface area contributed by atoms with E-state index in [-0.39, 0.29) is 46.7 Å². The van der Waals surface area contributed by atoms with Crippen LogP contribution < -0.4 is 13.8 Å². The lowest BCUT2D eigenvalue weighted by Gasteiger charge is -2.39. The molecule has 3 heterocycles. The van der Waals surface area contributed by atoms with E-state index in [0.717, 1.165) is 46.2 Å². The van der Waals surface area contributed by atoms with Crippen molar-refractivity contribution >= 4 is 44.2 Å². The molecule has 2 bridgehead atoms. The van der Waals surface area contributed by atoms with Gasteiger partial charge in [-0.2, -0.15) is 0 Å². The average Bonchev–Trinajstić information content (AvgIpc) is 3.55. The number of amides is 1. The molecule has 0 aliphatic carbocycles. The quantitative estimate of drug-likeness (QED) is 0.260. The molecule has 43 heavy (non-hydrogen) atoms. The molecule has 2 saturated heterocycles. The molecule has 2 aromatic carbocycles. The van der Waals surface area contributed by atoms with Gasteiger partial charge >= 0.3 is 6.09 Å². The zero-order chi connectivity index (χ0) is 31.1. The van der Waals surface area contributed by atoms with Gasteiger partial charge < -0.3 is 19.1 Å². The van der Waals surface area contributed by atoms with Crippen LogP contribution in [0.15, 0.2) is 46.8 Å². The number of sulfonamides is 1. The molecule has 0 spiro atoms. The topological polar surface area (TPSA) is 98.3 Å². The Balaban J connectivity index is 1.37. The Morgan fingerprint density at radius 1 is 1.19 bits per heavy atom. The van der Waals surface area contributed by atoms with Gasteiger partial charge in [-0.05, 0) is 69.9 Å². The zero-order valence-corrected chi connectivity index (χ0v) is 27.1. The molecular formula is C30H35ClFN3O6S2. The number of rotatable bonds is 8. The number of anilines is 1. The number of piperidine rings is 1. The summed E-state index contributed by atoms with van der Waals surface area (Å²) in [5.41, 5.74) is 0.919. The molecular weight excluding hydrogens is 617 g/mol. The van der Waals surface area contributed by atoms with Crippen molar-refractivity contribution in [2.24, 2.45) is 0 Å². The summed E-state index contributed by atoms with van der Waals surface area (Å²) in [4.78, 5) is 18.2. The third-order valence-corrected chi connectivity index (χ3v) is 10.6. The Morgan fingerprint density at radius 2 is 1.88 bits per heavy atom. The second-order valence-electron chi connectivity index (χ2n) is 11.8. The normalized spacial score (nSPS) is 20.2. The minimum absolute atomic E-state index is 0.0263. The van der Waals surface area contributed by atoms with Gasteiger partial charge in [-0.1, -0.05) is 17.7 Å². The lowest BCUT2D eigenvalue weighted by molar-refractivity contribution is -0.00710. The van der Waals surface area contributed by atoms with Crippen LogP contribution in [0.4, 0.5) is 14.3 Å². The van der Waals surface area contributed by atoms with Crippen molar-refractivity contribution in [3.63, 3.8) is 0 Å². The van der Waals surface area contributed by atoms with Crippen molar-refractivity contribution in [1.29, 1.82) is 0 Å². The molecule has 0 radical (unpaired) electrons. The number of fused-ring (bicyclic) bond motifs is 2. The molecule has 9 nitrogen and oxygen atoms in total. The second kappa shape index (κ2) is 12.1. The maximum Gasteiger partial charge on any atom is 0.410 e. The second-order valence-corrected chi connectivity index (χ2v) is 14.9. The summed E-state index contributed by atoms with van der Waals surface area (Å²) in [6.07, 6.45) is 3.55.